The first-order valence-corrected chi connectivity index (χ1v) is 11.5. The summed E-state index contributed by atoms with van der Waals surface area (Å²) in [6.45, 7) is 1.70. The van der Waals surface area contributed by atoms with Crippen LogP contribution in [0.2, 0.25) is 0 Å². The van der Waals surface area contributed by atoms with Crippen LogP contribution in [-0.4, -0.2) is 32.7 Å². The van der Waals surface area contributed by atoms with Crippen molar-refractivity contribution in [3.63, 3.8) is 0 Å². The fourth-order valence-corrected chi connectivity index (χ4v) is 4.10. The van der Waals surface area contributed by atoms with Crippen molar-refractivity contribution in [2.75, 3.05) is 0 Å². The molecule has 35 heavy (non-hydrogen) atoms. The van der Waals surface area contributed by atoms with Crippen LogP contribution in [0.15, 0.2) is 103 Å². The highest BCUT2D eigenvalue weighted by Gasteiger charge is 2.27. The number of rotatable bonds is 9. The summed E-state index contributed by atoms with van der Waals surface area (Å²) in [5.74, 6) is -1.54. The molecule has 0 bridgehead atoms. The summed E-state index contributed by atoms with van der Waals surface area (Å²) in [5, 5.41) is 22.8. The first-order valence-electron chi connectivity index (χ1n) is 11.5. The average molecular weight is 469 g/mol. The van der Waals surface area contributed by atoms with E-state index in [0.717, 1.165) is 22.3 Å². The molecule has 3 aromatic carbocycles. The molecule has 0 spiro atoms. The summed E-state index contributed by atoms with van der Waals surface area (Å²) >= 11 is 0. The predicted octanol–water partition coefficient (Wildman–Crippen LogP) is 5.08. The van der Waals surface area contributed by atoms with Gasteiger partial charge in [0.1, 0.15) is 6.04 Å². The Labute approximate surface area is 204 Å². The maximum absolute atomic E-state index is 13.1. The monoisotopic (exact) mass is 468 g/mol. The Morgan fingerprint density at radius 2 is 1.34 bits per heavy atom. The predicted molar refractivity (Wildman–Crippen MR) is 136 cm³/mol. The van der Waals surface area contributed by atoms with Gasteiger partial charge in [-0.05, 0) is 40.8 Å². The van der Waals surface area contributed by atoms with Gasteiger partial charge >= 0.3 is 5.97 Å². The highest BCUT2D eigenvalue weighted by molar-refractivity contribution is 5.85. The van der Waals surface area contributed by atoms with Crippen molar-refractivity contribution >= 4 is 11.9 Å². The third-order valence-corrected chi connectivity index (χ3v) is 6.05. The molecule has 3 N–H and O–H groups in total. The maximum atomic E-state index is 13.1. The summed E-state index contributed by atoms with van der Waals surface area (Å²) in [7, 11) is 0. The lowest BCUT2D eigenvalue weighted by molar-refractivity contribution is -0.141. The Balaban J connectivity index is 1.50. The molecule has 0 aliphatic heterocycles. The zero-order valence-corrected chi connectivity index (χ0v) is 19.4. The van der Waals surface area contributed by atoms with Crippen LogP contribution in [0.5, 0.6) is 0 Å². The van der Waals surface area contributed by atoms with Gasteiger partial charge in [-0.1, -0.05) is 84.9 Å². The normalized spacial score (nSPS) is 13.5. The molecule has 0 saturated heterocycles. The van der Waals surface area contributed by atoms with Crippen molar-refractivity contribution in [2.45, 2.75) is 31.5 Å². The minimum Gasteiger partial charge on any atom is -0.481 e. The number of aliphatic hydroxyl groups is 1. The number of nitrogens with zero attached hydrogens (tertiary/aromatic N) is 1. The molecule has 1 heterocycles. The topological polar surface area (TPSA) is 91.6 Å². The fraction of sp³-hybridized carbons (Fsp3) is 0.172. The molecule has 3 atom stereocenters. The largest absolute Gasteiger partial charge is 0.481 e. The first-order chi connectivity index (χ1) is 16.9. The SMILES string of the molecule is CC(NC(=O)C(CC(=O)O)n1ccc(-c2ccc(-c3ccccc3)cc2)c1)C(O)c1ccccc1. The molecule has 6 heteroatoms. The number of carboxylic acids is 1. The zero-order chi connectivity index (χ0) is 24.8. The van der Waals surface area contributed by atoms with E-state index in [1.807, 2.05) is 66.7 Å². The smallest absolute Gasteiger partial charge is 0.306 e. The number of carboxylic acid groups (broad SMARTS) is 1. The van der Waals surface area contributed by atoms with Crippen LogP contribution in [0, 0.1) is 0 Å². The second-order valence-corrected chi connectivity index (χ2v) is 8.56. The molecule has 1 aromatic heterocycles. The average Bonchev–Trinajstić information content (AvgIpc) is 3.38. The Kier molecular flexibility index (Phi) is 7.43. The minimum absolute atomic E-state index is 0.374. The third-order valence-electron chi connectivity index (χ3n) is 6.05. The summed E-state index contributed by atoms with van der Waals surface area (Å²) in [6.07, 6.45) is 2.21. The van der Waals surface area contributed by atoms with E-state index in [1.54, 1.807) is 36.0 Å². The van der Waals surface area contributed by atoms with E-state index in [0.29, 0.717) is 5.56 Å². The van der Waals surface area contributed by atoms with Gasteiger partial charge in [0.2, 0.25) is 5.91 Å². The van der Waals surface area contributed by atoms with Gasteiger partial charge in [0.05, 0.1) is 18.6 Å². The standard InChI is InChI=1S/C29H28N2O4/c1-20(28(34)24-10-6-3-7-11-24)30-29(35)26(18-27(32)33)31-17-16-25(19-31)23-14-12-22(13-15-23)21-8-4-2-5-9-21/h2-17,19-20,26,28,34H,18H2,1H3,(H,30,35)(H,32,33). The minimum atomic E-state index is -1.08. The molecule has 4 aromatic rings. The van der Waals surface area contributed by atoms with E-state index in [2.05, 4.69) is 17.4 Å². The Bertz CT molecular complexity index is 1270. The summed E-state index contributed by atoms with van der Waals surface area (Å²) < 4.78 is 1.62. The first kappa shape index (κ1) is 24.0. The molecular weight excluding hydrogens is 440 g/mol. The number of amides is 1. The summed E-state index contributed by atoms with van der Waals surface area (Å²) in [6, 6.07) is 27.5. The van der Waals surface area contributed by atoms with Crippen LogP contribution >= 0.6 is 0 Å². The van der Waals surface area contributed by atoms with Crippen LogP contribution < -0.4 is 5.32 Å². The van der Waals surface area contributed by atoms with Crippen molar-refractivity contribution in [1.82, 2.24) is 9.88 Å². The van der Waals surface area contributed by atoms with E-state index in [-0.39, 0.29) is 6.42 Å². The molecule has 0 radical (unpaired) electrons. The van der Waals surface area contributed by atoms with Crippen LogP contribution in [0.3, 0.4) is 0 Å². The van der Waals surface area contributed by atoms with E-state index >= 15 is 0 Å². The van der Waals surface area contributed by atoms with E-state index in [9.17, 15) is 19.8 Å². The number of nitrogens with one attached hydrogen (secondary N) is 1. The highest BCUT2D eigenvalue weighted by atomic mass is 16.4. The van der Waals surface area contributed by atoms with Gasteiger partial charge in [0.25, 0.3) is 0 Å². The molecule has 1 amide bonds. The molecule has 178 valence electrons. The van der Waals surface area contributed by atoms with Gasteiger partial charge in [-0.25, -0.2) is 0 Å². The molecule has 0 saturated carbocycles. The molecule has 0 aliphatic rings. The summed E-state index contributed by atoms with van der Waals surface area (Å²) in [5.41, 5.74) is 4.75. The number of carbonyl (C=O) groups excluding carboxylic acids is 1. The molecule has 6 nitrogen and oxygen atoms in total. The van der Waals surface area contributed by atoms with Crippen molar-refractivity contribution in [1.29, 1.82) is 0 Å². The van der Waals surface area contributed by atoms with Gasteiger partial charge in [0, 0.05) is 12.4 Å². The number of aliphatic carboxylic acids is 1. The van der Waals surface area contributed by atoms with Crippen LogP contribution in [0.25, 0.3) is 22.3 Å². The van der Waals surface area contributed by atoms with Gasteiger partial charge in [0.15, 0.2) is 0 Å². The number of aromatic nitrogens is 1. The lowest BCUT2D eigenvalue weighted by atomic mass is 10.0. The Morgan fingerprint density at radius 3 is 1.94 bits per heavy atom. The number of aliphatic hydroxyl groups excluding tert-OH is 1. The van der Waals surface area contributed by atoms with E-state index in [1.165, 1.54) is 0 Å². The quantitative estimate of drug-likeness (QED) is 0.320. The lowest BCUT2D eigenvalue weighted by Crippen LogP contribution is -2.41. The number of hydrogen-bond donors (Lipinski definition) is 3. The maximum Gasteiger partial charge on any atom is 0.306 e. The van der Waals surface area contributed by atoms with Gasteiger partial charge in [-0.3, -0.25) is 9.59 Å². The van der Waals surface area contributed by atoms with Gasteiger partial charge in [-0.15, -0.1) is 0 Å². The van der Waals surface area contributed by atoms with E-state index < -0.39 is 30.1 Å². The van der Waals surface area contributed by atoms with Crippen LogP contribution in [-0.2, 0) is 9.59 Å². The molecule has 0 aliphatic carbocycles. The second-order valence-electron chi connectivity index (χ2n) is 8.56. The number of hydrogen-bond acceptors (Lipinski definition) is 3. The number of benzene rings is 3. The van der Waals surface area contributed by atoms with Gasteiger partial charge < -0.3 is 20.1 Å². The van der Waals surface area contributed by atoms with E-state index in [4.69, 9.17) is 0 Å². The van der Waals surface area contributed by atoms with Gasteiger partial charge in [-0.2, -0.15) is 0 Å². The molecular formula is C29H28N2O4. The molecule has 0 fully saturated rings. The summed E-state index contributed by atoms with van der Waals surface area (Å²) in [4.78, 5) is 24.6. The third kappa shape index (κ3) is 5.86. The molecule has 4 rings (SSSR count). The fourth-order valence-electron chi connectivity index (χ4n) is 4.10. The number of carbonyl (C=O) groups is 2. The van der Waals surface area contributed by atoms with Crippen molar-refractivity contribution in [2.24, 2.45) is 0 Å². The Morgan fingerprint density at radius 1 is 0.800 bits per heavy atom. The highest BCUT2D eigenvalue weighted by Crippen LogP contribution is 2.27. The van der Waals surface area contributed by atoms with Crippen LogP contribution in [0.4, 0.5) is 0 Å². The van der Waals surface area contributed by atoms with Crippen LogP contribution in [0.1, 0.15) is 31.1 Å². The Hall–Kier alpha value is -4.16. The van der Waals surface area contributed by atoms with Crippen molar-refractivity contribution in [3.05, 3.63) is 109 Å². The lowest BCUT2D eigenvalue weighted by Gasteiger charge is -2.24. The van der Waals surface area contributed by atoms with Crippen molar-refractivity contribution < 1.29 is 19.8 Å². The van der Waals surface area contributed by atoms with Crippen molar-refractivity contribution in [3.8, 4) is 22.3 Å². The zero-order valence-electron chi connectivity index (χ0n) is 19.4. The second kappa shape index (κ2) is 10.8. The molecule has 3 unspecified atom stereocenters.